The van der Waals surface area contributed by atoms with Gasteiger partial charge in [-0.3, -0.25) is 0 Å². The summed E-state index contributed by atoms with van der Waals surface area (Å²) in [7, 11) is 0. The summed E-state index contributed by atoms with van der Waals surface area (Å²) in [5, 5.41) is 4.35. The van der Waals surface area contributed by atoms with Crippen molar-refractivity contribution in [1.82, 2.24) is 9.78 Å². The fourth-order valence-corrected chi connectivity index (χ4v) is 2.49. The number of aromatic nitrogens is 2. The molecule has 1 aromatic carbocycles. The van der Waals surface area contributed by atoms with Crippen LogP contribution in [0.2, 0.25) is 0 Å². The summed E-state index contributed by atoms with van der Waals surface area (Å²) < 4.78 is 41.8. The zero-order valence-corrected chi connectivity index (χ0v) is 12.1. The minimum absolute atomic E-state index is 0.0799. The molecule has 0 aliphatic carbocycles. The van der Waals surface area contributed by atoms with Gasteiger partial charge in [0.1, 0.15) is 5.69 Å². The van der Waals surface area contributed by atoms with Crippen LogP contribution in [0.4, 0.5) is 13.2 Å². The molecule has 0 unspecified atom stereocenters. The van der Waals surface area contributed by atoms with Crippen LogP contribution in [0.3, 0.4) is 0 Å². The number of aryl methyl sites for hydroxylation is 1. The Morgan fingerprint density at radius 3 is 2.29 bits per heavy atom. The Morgan fingerprint density at radius 1 is 1.05 bits per heavy atom. The van der Waals surface area contributed by atoms with Crippen LogP contribution in [0.1, 0.15) is 30.8 Å². The van der Waals surface area contributed by atoms with E-state index >= 15 is 0 Å². The molecule has 21 heavy (non-hydrogen) atoms. The predicted molar refractivity (Wildman–Crippen MR) is 75.0 cm³/mol. The molecule has 0 bridgehead atoms. The molecule has 0 aliphatic rings. The lowest BCUT2D eigenvalue weighted by molar-refractivity contribution is 0.490. The molecular formula is C15H18F3N3. The lowest BCUT2D eigenvalue weighted by Gasteiger charge is -2.09. The molecule has 6 heteroatoms. The van der Waals surface area contributed by atoms with Crippen molar-refractivity contribution in [2.75, 3.05) is 6.54 Å². The van der Waals surface area contributed by atoms with Gasteiger partial charge >= 0.3 is 0 Å². The smallest absolute Gasteiger partial charge is 0.161 e. The van der Waals surface area contributed by atoms with Gasteiger partial charge in [0.05, 0.1) is 5.69 Å². The van der Waals surface area contributed by atoms with Crippen molar-refractivity contribution in [3.8, 4) is 5.69 Å². The Balaban J connectivity index is 2.66. The first kappa shape index (κ1) is 15.6. The van der Waals surface area contributed by atoms with Gasteiger partial charge in [-0.1, -0.05) is 13.8 Å². The van der Waals surface area contributed by atoms with Crippen LogP contribution in [0.15, 0.2) is 12.1 Å². The van der Waals surface area contributed by atoms with Crippen LogP contribution in [0.25, 0.3) is 5.69 Å². The first-order valence-corrected chi connectivity index (χ1v) is 6.98. The van der Waals surface area contributed by atoms with E-state index in [1.54, 1.807) is 0 Å². The Labute approximate surface area is 121 Å². The highest BCUT2D eigenvalue weighted by Gasteiger charge is 2.19. The second-order valence-corrected chi connectivity index (χ2v) is 4.75. The molecule has 2 rings (SSSR count). The average molecular weight is 297 g/mol. The lowest BCUT2D eigenvalue weighted by atomic mass is 10.1. The molecule has 0 saturated carbocycles. The topological polar surface area (TPSA) is 43.8 Å². The maximum atomic E-state index is 14.0. The van der Waals surface area contributed by atoms with Crippen molar-refractivity contribution in [1.29, 1.82) is 0 Å². The number of hydrogen-bond donors (Lipinski definition) is 1. The summed E-state index contributed by atoms with van der Waals surface area (Å²) in [4.78, 5) is 0. The lowest BCUT2D eigenvalue weighted by Crippen LogP contribution is -2.08. The maximum Gasteiger partial charge on any atom is 0.161 e. The Kier molecular flexibility index (Phi) is 4.67. The third-order valence-corrected chi connectivity index (χ3v) is 3.46. The van der Waals surface area contributed by atoms with Crippen LogP contribution in [0.5, 0.6) is 0 Å². The highest BCUT2D eigenvalue weighted by atomic mass is 19.2. The third-order valence-electron chi connectivity index (χ3n) is 3.46. The number of halogens is 3. The van der Waals surface area contributed by atoms with Gasteiger partial charge in [-0.15, -0.1) is 0 Å². The molecule has 2 N–H and O–H groups in total. The van der Waals surface area contributed by atoms with Gasteiger partial charge < -0.3 is 5.73 Å². The van der Waals surface area contributed by atoms with Crippen molar-refractivity contribution < 1.29 is 13.2 Å². The van der Waals surface area contributed by atoms with E-state index in [9.17, 15) is 13.2 Å². The molecule has 0 radical (unpaired) electrons. The number of nitrogens with two attached hydrogens (primary N) is 1. The van der Waals surface area contributed by atoms with E-state index in [1.807, 2.05) is 13.8 Å². The molecule has 0 amide bonds. The normalized spacial score (nSPS) is 11.1. The molecular weight excluding hydrogens is 279 g/mol. The van der Waals surface area contributed by atoms with Gasteiger partial charge in [-0.2, -0.15) is 5.10 Å². The fourth-order valence-electron chi connectivity index (χ4n) is 2.49. The summed E-state index contributed by atoms with van der Waals surface area (Å²) in [6.45, 7) is 4.30. The van der Waals surface area contributed by atoms with Crippen LogP contribution in [-0.4, -0.2) is 16.3 Å². The molecule has 0 atom stereocenters. The predicted octanol–water partition coefficient (Wildman–Crippen LogP) is 2.92. The number of rotatable bonds is 5. The fraction of sp³-hybridized carbons (Fsp3) is 0.400. The highest BCUT2D eigenvalue weighted by molar-refractivity contribution is 5.40. The molecule has 3 nitrogen and oxygen atoms in total. The molecule has 0 spiro atoms. The summed E-state index contributed by atoms with van der Waals surface area (Å²) in [6, 6.07) is 1.38. The average Bonchev–Trinajstić information content (AvgIpc) is 2.81. The summed E-state index contributed by atoms with van der Waals surface area (Å²) in [6.07, 6.45) is 1.89. The first-order chi connectivity index (χ1) is 10.0. The van der Waals surface area contributed by atoms with Crippen LogP contribution in [-0.2, 0) is 19.3 Å². The van der Waals surface area contributed by atoms with Gasteiger partial charge in [0, 0.05) is 17.8 Å². The van der Waals surface area contributed by atoms with Crippen molar-refractivity contribution in [2.24, 2.45) is 5.73 Å². The summed E-state index contributed by atoms with van der Waals surface area (Å²) >= 11 is 0. The molecule has 1 aromatic heterocycles. The van der Waals surface area contributed by atoms with Crippen molar-refractivity contribution in [2.45, 2.75) is 33.1 Å². The third kappa shape index (κ3) is 2.81. The molecule has 0 saturated heterocycles. The van der Waals surface area contributed by atoms with Crippen molar-refractivity contribution in [3.05, 3.63) is 46.5 Å². The van der Waals surface area contributed by atoms with Crippen LogP contribution >= 0.6 is 0 Å². The van der Waals surface area contributed by atoms with Crippen molar-refractivity contribution in [3.63, 3.8) is 0 Å². The van der Waals surface area contributed by atoms with E-state index in [2.05, 4.69) is 5.10 Å². The number of benzene rings is 1. The van der Waals surface area contributed by atoms with Gasteiger partial charge in [0.2, 0.25) is 0 Å². The summed E-state index contributed by atoms with van der Waals surface area (Å²) in [5.74, 6) is -3.14. The zero-order chi connectivity index (χ0) is 15.6. The molecule has 0 aliphatic heterocycles. The second kappa shape index (κ2) is 6.30. The van der Waals surface area contributed by atoms with Gasteiger partial charge in [-0.25, -0.2) is 17.9 Å². The second-order valence-electron chi connectivity index (χ2n) is 4.75. The maximum absolute atomic E-state index is 14.0. The Bertz CT molecular complexity index is 650. The Hall–Kier alpha value is -1.82. The van der Waals surface area contributed by atoms with E-state index < -0.39 is 17.5 Å². The van der Waals surface area contributed by atoms with Gasteiger partial charge in [-0.05, 0) is 31.4 Å². The largest absolute Gasteiger partial charge is 0.330 e. The molecule has 2 aromatic rings. The van der Waals surface area contributed by atoms with Crippen LogP contribution < -0.4 is 5.73 Å². The number of nitrogens with zero attached hydrogens (tertiary/aromatic N) is 2. The van der Waals surface area contributed by atoms with Gasteiger partial charge in [0.15, 0.2) is 17.5 Å². The quantitative estimate of drug-likeness (QED) is 0.862. The SMILES string of the molecule is CCc1nn(-c2cc(F)c(F)cc2F)c(CC)c1CCN. The van der Waals surface area contributed by atoms with E-state index in [0.29, 0.717) is 31.9 Å². The first-order valence-electron chi connectivity index (χ1n) is 6.98. The minimum atomic E-state index is -1.21. The van der Waals surface area contributed by atoms with Crippen LogP contribution in [0, 0.1) is 17.5 Å². The number of hydrogen-bond acceptors (Lipinski definition) is 2. The zero-order valence-electron chi connectivity index (χ0n) is 12.1. The van der Waals surface area contributed by atoms with E-state index in [1.165, 1.54) is 4.68 Å². The molecule has 114 valence electrons. The van der Waals surface area contributed by atoms with E-state index in [4.69, 9.17) is 5.73 Å². The molecule has 0 fully saturated rings. The monoisotopic (exact) mass is 297 g/mol. The minimum Gasteiger partial charge on any atom is -0.330 e. The Morgan fingerprint density at radius 2 is 1.71 bits per heavy atom. The molecule has 1 heterocycles. The standard InChI is InChI=1S/C15H18F3N3/c1-3-13-9(5-6-19)14(4-2)21(20-13)15-8-11(17)10(16)7-12(15)18/h7-8H,3-6,19H2,1-2H3. The highest BCUT2D eigenvalue weighted by Crippen LogP contribution is 2.24. The van der Waals surface area contributed by atoms with E-state index in [0.717, 1.165) is 23.0 Å². The summed E-state index contributed by atoms with van der Waals surface area (Å²) in [5.41, 5.74) is 8.08. The van der Waals surface area contributed by atoms with Crippen molar-refractivity contribution >= 4 is 0 Å². The van der Waals surface area contributed by atoms with Gasteiger partial charge in [0.25, 0.3) is 0 Å². The van der Waals surface area contributed by atoms with E-state index in [-0.39, 0.29) is 5.69 Å².